The van der Waals surface area contributed by atoms with E-state index in [0.29, 0.717) is 18.0 Å². The number of sulfonamides is 1. The lowest BCUT2D eigenvalue weighted by Crippen LogP contribution is -2.27. The second-order valence-corrected chi connectivity index (χ2v) is 7.07. The number of aromatic nitrogens is 2. The summed E-state index contributed by atoms with van der Waals surface area (Å²) in [4.78, 5) is 0.364. The lowest BCUT2D eigenvalue weighted by atomic mass is 9.92. The Morgan fingerprint density at radius 3 is 2.76 bits per heavy atom. The van der Waals surface area contributed by atoms with Crippen LogP contribution in [0, 0.1) is 0 Å². The highest BCUT2D eigenvalue weighted by molar-refractivity contribution is 7.89. The van der Waals surface area contributed by atoms with Gasteiger partial charge in [0.15, 0.2) is 0 Å². The molecule has 0 aliphatic heterocycles. The normalized spacial score (nSPS) is 14.9. The Hall–Kier alpha value is -1.66. The Labute approximate surface area is 125 Å². The fourth-order valence-corrected chi connectivity index (χ4v) is 3.76. The molecule has 0 atom stereocenters. The predicted molar refractivity (Wildman–Crippen MR) is 80.5 cm³/mol. The molecule has 0 amide bonds. The number of nitrogens with zero attached hydrogens (tertiary/aromatic N) is 2. The number of hydrogen-bond acceptors (Lipinski definition) is 3. The van der Waals surface area contributed by atoms with Crippen molar-refractivity contribution in [2.24, 2.45) is 0 Å². The van der Waals surface area contributed by atoms with E-state index in [2.05, 4.69) is 9.82 Å². The van der Waals surface area contributed by atoms with Crippen LogP contribution in [0.5, 0.6) is 0 Å². The first-order valence-electron chi connectivity index (χ1n) is 7.24. The van der Waals surface area contributed by atoms with Crippen molar-refractivity contribution < 1.29 is 8.42 Å². The average molecular weight is 305 g/mol. The molecule has 1 aromatic carbocycles. The van der Waals surface area contributed by atoms with Crippen LogP contribution in [-0.2, 0) is 29.4 Å². The molecule has 0 bridgehead atoms. The third-order valence-corrected chi connectivity index (χ3v) is 5.28. The monoisotopic (exact) mass is 305 g/mol. The summed E-state index contributed by atoms with van der Waals surface area (Å²) in [6.07, 6.45) is 7.87. The number of fused-ring (bicyclic) bond motifs is 1. The number of rotatable bonds is 5. The third kappa shape index (κ3) is 3.33. The lowest BCUT2D eigenvalue weighted by molar-refractivity contribution is 0.560. The molecule has 1 aliphatic rings. The van der Waals surface area contributed by atoms with Crippen molar-refractivity contribution in [2.45, 2.75) is 37.1 Å². The van der Waals surface area contributed by atoms with Gasteiger partial charge in [0, 0.05) is 18.9 Å². The van der Waals surface area contributed by atoms with Gasteiger partial charge in [-0.05, 0) is 55.0 Å². The largest absolute Gasteiger partial charge is 0.271 e. The van der Waals surface area contributed by atoms with E-state index >= 15 is 0 Å². The molecule has 5 nitrogen and oxygen atoms in total. The molecular weight excluding hydrogens is 286 g/mol. The van der Waals surface area contributed by atoms with Crippen LogP contribution in [0.3, 0.4) is 0 Å². The van der Waals surface area contributed by atoms with Gasteiger partial charge in [-0.1, -0.05) is 6.07 Å². The Balaban J connectivity index is 1.69. The Morgan fingerprint density at radius 1 is 1.19 bits per heavy atom. The van der Waals surface area contributed by atoms with Crippen LogP contribution in [0.1, 0.15) is 24.0 Å². The molecule has 0 radical (unpaired) electrons. The standard InChI is InChI=1S/C15H19N3O2S/c19-21(20,17-9-11-18-10-3-8-16-18)15-7-6-13-4-1-2-5-14(13)12-15/h3,6-8,10,12,17H,1-2,4-5,9,11H2. The number of hydrogen-bond donors (Lipinski definition) is 1. The quantitative estimate of drug-likeness (QED) is 0.915. The molecule has 0 saturated heterocycles. The zero-order valence-corrected chi connectivity index (χ0v) is 12.6. The molecule has 1 heterocycles. The maximum absolute atomic E-state index is 12.3. The Morgan fingerprint density at radius 2 is 2.00 bits per heavy atom. The topological polar surface area (TPSA) is 64.0 Å². The van der Waals surface area contributed by atoms with Crippen molar-refractivity contribution in [1.29, 1.82) is 0 Å². The van der Waals surface area contributed by atoms with Gasteiger partial charge in [-0.25, -0.2) is 13.1 Å². The van der Waals surface area contributed by atoms with E-state index in [1.165, 1.54) is 17.5 Å². The second-order valence-electron chi connectivity index (χ2n) is 5.30. The molecule has 0 unspecified atom stereocenters. The summed E-state index contributed by atoms with van der Waals surface area (Å²) in [5.41, 5.74) is 2.47. The minimum absolute atomic E-state index is 0.334. The van der Waals surface area contributed by atoms with Crippen LogP contribution in [0.2, 0.25) is 0 Å². The molecule has 0 saturated carbocycles. The Bertz CT molecular complexity index is 709. The maximum atomic E-state index is 12.3. The van der Waals surface area contributed by atoms with Crippen LogP contribution < -0.4 is 4.72 Å². The van der Waals surface area contributed by atoms with E-state index in [0.717, 1.165) is 19.3 Å². The summed E-state index contributed by atoms with van der Waals surface area (Å²) >= 11 is 0. The van der Waals surface area contributed by atoms with Gasteiger partial charge in [-0.3, -0.25) is 4.68 Å². The highest BCUT2D eigenvalue weighted by atomic mass is 32.2. The van der Waals surface area contributed by atoms with Gasteiger partial charge in [-0.2, -0.15) is 5.10 Å². The van der Waals surface area contributed by atoms with Crippen molar-refractivity contribution in [3.63, 3.8) is 0 Å². The van der Waals surface area contributed by atoms with Gasteiger partial charge >= 0.3 is 0 Å². The first-order chi connectivity index (χ1) is 10.1. The Kier molecular flexibility index (Phi) is 4.07. The van der Waals surface area contributed by atoms with Gasteiger partial charge in [0.05, 0.1) is 11.4 Å². The summed E-state index contributed by atoms with van der Waals surface area (Å²) in [5, 5.41) is 4.05. The summed E-state index contributed by atoms with van der Waals surface area (Å²) in [7, 11) is -3.44. The number of benzene rings is 1. The van der Waals surface area contributed by atoms with Crippen molar-refractivity contribution >= 4 is 10.0 Å². The van der Waals surface area contributed by atoms with Crippen molar-refractivity contribution in [1.82, 2.24) is 14.5 Å². The van der Waals surface area contributed by atoms with Gasteiger partial charge in [-0.15, -0.1) is 0 Å². The van der Waals surface area contributed by atoms with Gasteiger partial charge < -0.3 is 0 Å². The summed E-state index contributed by atoms with van der Waals surface area (Å²) < 4.78 is 28.9. The van der Waals surface area contributed by atoms with E-state index in [4.69, 9.17) is 0 Å². The molecular formula is C15H19N3O2S. The minimum atomic E-state index is -3.44. The van der Waals surface area contributed by atoms with Crippen LogP contribution in [-0.4, -0.2) is 24.7 Å². The molecule has 21 heavy (non-hydrogen) atoms. The van der Waals surface area contributed by atoms with Crippen LogP contribution in [0.15, 0.2) is 41.6 Å². The molecule has 0 spiro atoms. The fraction of sp³-hybridized carbons (Fsp3) is 0.400. The molecule has 0 fully saturated rings. The summed E-state index contributed by atoms with van der Waals surface area (Å²) in [6, 6.07) is 7.31. The van der Waals surface area contributed by atoms with Crippen molar-refractivity contribution in [3.05, 3.63) is 47.8 Å². The average Bonchev–Trinajstić information content (AvgIpc) is 3.00. The molecule has 1 N–H and O–H groups in total. The van der Waals surface area contributed by atoms with E-state index in [-0.39, 0.29) is 0 Å². The molecule has 3 rings (SSSR count). The smallest absolute Gasteiger partial charge is 0.240 e. The fourth-order valence-electron chi connectivity index (χ4n) is 2.69. The molecule has 112 valence electrons. The third-order valence-electron chi connectivity index (χ3n) is 3.82. The lowest BCUT2D eigenvalue weighted by Gasteiger charge is -2.16. The van der Waals surface area contributed by atoms with E-state index in [1.54, 1.807) is 16.9 Å². The molecule has 1 aromatic heterocycles. The minimum Gasteiger partial charge on any atom is -0.271 e. The predicted octanol–water partition coefficient (Wildman–Crippen LogP) is 1.74. The van der Waals surface area contributed by atoms with Gasteiger partial charge in [0.1, 0.15) is 0 Å². The molecule has 1 aliphatic carbocycles. The highest BCUT2D eigenvalue weighted by Gasteiger charge is 2.17. The zero-order chi connectivity index (χ0) is 14.7. The van der Waals surface area contributed by atoms with Crippen molar-refractivity contribution in [2.75, 3.05) is 6.54 Å². The highest BCUT2D eigenvalue weighted by Crippen LogP contribution is 2.23. The number of aryl methyl sites for hydroxylation is 2. The van der Waals surface area contributed by atoms with E-state index in [1.807, 2.05) is 24.4 Å². The van der Waals surface area contributed by atoms with Gasteiger partial charge in [0.2, 0.25) is 10.0 Å². The summed E-state index contributed by atoms with van der Waals surface area (Å²) in [6.45, 7) is 0.859. The van der Waals surface area contributed by atoms with Gasteiger partial charge in [0.25, 0.3) is 0 Å². The zero-order valence-electron chi connectivity index (χ0n) is 11.8. The van der Waals surface area contributed by atoms with Crippen molar-refractivity contribution in [3.8, 4) is 0 Å². The second kappa shape index (κ2) is 5.99. The van der Waals surface area contributed by atoms with E-state index < -0.39 is 10.0 Å². The maximum Gasteiger partial charge on any atom is 0.240 e. The van der Waals surface area contributed by atoms with E-state index in [9.17, 15) is 8.42 Å². The molecule has 2 aromatic rings. The van der Waals surface area contributed by atoms with Crippen LogP contribution in [0.25, 0.3) is 0 Å². The molecule has 6 heteroatoms. The van der Waals surface area contributed by atoms with Crippen LogP contribution in [0.4, 0.5) is 0 Å². The first-order valence-corrected chi connectivity index (χ1v) is 8.72. The summed E-state index contributed by atoms with van der Waals surface area (Å²) in [5.74, 6) is 0. The number of nitrogens with one attached hydrogen (secondary N) is 1. The first kappa shape index (κ1) is 14.3. The SMILES string of the molecule is O=S(=O)(NCCn1cccn1)c1ccc2c(c1)CCCC2. The van der Waals surface area contributed by atoms with Crippen LogP contribution >= 0.6 is 0 Å².